The van der Waals surface area contributed by atoms with Gasteiger partial charge in [0.1, 0.15) is 0 Å². The molecule has 1 spiro atoms. The molecule has 2 aromatic rings. The molecule has 32 heavy (non-hydrogen) atoms. The number of hydrogen-bond donors (Lipinski definition) is 1. The number of rotatable bonds is 3. The monoisotopic (exact) mass is 454 g/mol. The van der Waals surface area contributed by atoms with Crippen molar-refractivity contribution in [1.29, 1.82) is 0 Å². The molecule has 1 amide bonds. The fourth-order valence-corrected chi connectivity index (χ4v) is 3.84. The number of carboxylic acid groups (broad SMARTS) is 1. The lowest BCUT2D eigenvalue weighted by atomic mass is 9.89. The van der Waals surface area contributed by atoms with Crippen molar-refractivity contribution in [3.8, 4) is 0 Å². The fraction of sp³-hybridized carbons (Fsp3) is 0.455. The quantitative estimate of drug-likeness (QED) is 0.765. The Balaban J connectivity index is 0.000000360. The number of morpholine rings is 1. The lowest BCUT2D eigenvalue weighted by molar-refractivity contribution is -0.192. The van der Waals surface area contributed by atoms with E-state index in [-0.39, 0.29) is 11.5 Å². The Kier molecular flexibility index (Phi) is 7.57. The lowest BCUT2D eigenvalue weighted by Crippen LogP contribution is -2.57. The minimum atomic E-state index is -5.08. The summed E-state index contributed by atoms with van der Waals surface area (Å²) in [6.45, 7) is 4.88. The molecule has 10 heteroatoms. The Bertz CT molecular complexity index is 879. The highest BCUT2D eigenvalue weighted by Gasteiger charge is 2.41. The van der Waals surface area contributed by atoms with Crippen molar-refractivity contribution in [1.82, 2.24) is 9.80 Å². The van der Waals surface area contributed by atoms with Gasteiger partial charge in [-0.2, -0.15) is 13.2 Å². The van der Waals surface area contributed by atoms with Crippen LogP contribution >= 0.6 is 0 Å². The van der Waals surface area contributed by atoms with Gasteiger partial charge in [0.15, 0.2) is 0 Å². The Morgan fingerprint density at radius 1 is 1.06 bits per heavy atom. The molecular weight excluding hydrogens is 429 g/mol. The van der Waals surface area contributed by atoms with Crippen LogP contribution in [-0.2, 0) is 16.1 Å². The molecule has 4 rings (SSSR count). The molecule has 0 atom stereocenters. The second-order valence-electron chi connectivity index (χ2n) is 7.83. The SMILES string of the molecule is O=C(O)C(F)(F)F.O=C(c1ccccc1)N1CCOC2(CCN(Cc3ccoc3)CC2)C1. The van der Waals surface area contributed by atoms with Crippen LogP contribution in [0.4, 0.5) is 13.2 Å². The molecule has 0 saturated carbocycles. The Labute approximate surface area is 183 Å². The summed E-state index contributed by atoms with van der Waals surface area (Å²) in [5.41, 5.74) is 1.79. The third-order valence-corrected chi connectivity index (χ3v) is 5.55. The molecule has 1 aromatic heterocycles. The number of ether oxygens (including phenoxy) is 1. The number of carbonyl (C=O) groups is 2. The van der Waals surface area contributed by atoms with Crippen molar-refractivity contribution in [2.45, 2.75) is 31.2 Å². The van der Waals surface area contributed by atoms with Gasteiger partial charge in [0.05, 0.1) is 31.3 Å². The highest BCUT2D eigenvalue weighted by atomic mass is 19.4. The molecule has 0 unspecified atom stereocenters. The van der Waals surface area contributed by atoms with E-state index in [4.69, 9.17) is 19.1 Å². The number of piperidine rings is 1. The molecule has 3 heterocycles. The molecule has 1 N–H and O–H groups in total. The van der Waals surface area contributed by atoms with Crippen LogP contribution in [-0.4, -0.2) is 71.3 Å². The number of nitrogens with zero attached hydrogens (tertiary/aromatic N) is 2. The standard InChI is InChI=1S/C20H24N2O3.C2HF3O2/c23-19(18-4-2-1-3-5-18)22-11-13-25-20(16-22)7-9-21(10-8-20)14-17-6-12-24-15-17;3-2(4,5)1(6)7/h1-6,12,15H,7-11,13-14,16H2;(H,6,7). The van der Waals surface area contributed by atoms with Crippen LogP contribution in [0.1, 0.15) is 28.8 Å². The predicted molar refractivity (Wildman–Crippen MR) is 108 cm³/mol. The molecule has 2 aliphatic rings. The number of alkyl halides is 3. The van der Waals surface area contributed by atoms with Gasteiger partial charge in [0, 0.05) is 37.3 Å². The first-order valence-electron chi connectivity index (χ1n) is 10.2. The van der Waals surface area contributed by atoms with Gasteiger partial charge in [-0.15, -0.1) is 0 Å². The molecular formula is C22H25F3N2O5. The molecule has 7 nitrogen and oxygen atoms in total. The number of halogens is 3. The zero-order chi connectivity index (χ0) is 23.2. The first kappa shape index (κ1) is 23.8. The molecule has 0 aliphatic carbocycles. The number of furan rings is 1. The van der Waals surface area contributed by atoms with Crippen molar-refractivity contribution in [3.05, 3.63) is 60.1 Å². The lowest BCUT2D eigenvalue weighted by Gasteiger charge is -2.47. The zero-order valence-corrected chi connectivity index (χ0v) is 17.4. The van der Waals surface area contributed by atoms with Crippen LogP contribution in [0.3, 0.4) is 0 Å². The van der Waals surface area contributed by atoms with Crippen LogP contribution in [0.25, 0.3) is 0 Å². The van der Waals surface area contributed by atoms with Crippen LogP contribution in [0.15, 0.2) is 53.3 Å². The highest BCUT2D eigenvalue weighted by Crippen LogP contribution is 2.31. The van der Waals surface area contributed by atoms with E-state index in [1.165, 1.54) is 5.56 Å². The second-order valence-corrected chi connectivity index (χ2v) is 7.83. The Morgan fingerprint density at radius 2 is 1.72 bits per heavy atom. The average molecular weight is 454 g/mol. The summed E-state index contributed by atoms with van der Waals surface area (Å²) in [4.78, 5) is 26.0. The Hall–Kier alpha value is -2.85. The fourth-order valence-electron chi connectivity index (χ4n) is 3.84. The van der Waals surface area contributed by atoms with Gasteiger partial charge in [-0.25, -0.2) is 4.79 Å². The first-order valence-corrected chi connectivity index (χ1v) is 10.2. The van der Waals surface area contributed by atoms with E-state index < -0.39 is 12.1 Å². The van der Waals surface area contributed by atoms with Crippen LogP contribution in [0.5, 0.6) is 0 Å². The van der Waals surface area contributed by atoms with E-state index in [0.29, 0.717) is 19.7 Å². The maximum Gasteiger partial charge on any atom is 0.490 e. The average Bonchev–Trinajstić information content (AvgIpc) is 3.29. The number of hydrogen-bond acceptors (Lipinski definition) is 5. The molecule has 174 valence electrons. The third kappa shape index (κ3) is 6.33. The van der Waals surface area contributed by atoms with Gasteiger partial charge in [-0.05, 0) is 31.0 Å². The van der Waals surface area contributed by atoms with Gasteiger partial charge >= 0.3 is 12.1 Å². The molecule has 2 fully saturated rings. The van der Waals surface area contributed by atoms with E-state index in [0.717, 1.165) is 38.0 Å². The molecule has 0 radical (unpaired) electrons. The van der Waals surface area contributed by atoms with Gasteiger partial charge < -0.3 is 19.2 Å². The van der Waals surface area contributed by atoms with Crippen molar-refractivity contribution in [3.63, 3.8) is 0 Å². The summed E-state index contributed by atoms with van der Waals surface area (Å²) in [5.74, 6) is -2.64. The molecule has 2 saturated heterocycles. The van der Waals surface area contributed by atoms with E-state index in [1.54, 1.807) is 6.26 Å². The predicted octanol–water partition coefficient (Wildman–Crippen LogP) is 3.42. The number of carbonyl (C=O) groups excluding carboxylic acids is 1. The molecule has 1 aromatic carbocycles. The minimum absolute atomic E-state index is 0.115. The number of aliphatic carboxylic acids is 1. The summed E-state index contributed by atoms with van der Waals surface area (Å²) >= 11 is 0. The smallest absolute Gasteiger partial charge is 0.475 e. The molecule has 0 bridgehead atoms. The van der Waals surface area contributed by atoms with Crippen LogP contribution in [0, 0.1) is 0 Å². The summed E-state index contributed by atoms with van der Waals surface area (Å²) < 4.78 is 43.1. The maximum absolute atomic E-state index is 12.8. The molecule has 2 aliphatic heterocycles. The summed E-state index contributed by atoms with van der Waals surface area (Å²) in [5, 5.41) is 7.12. The van der Waals surface area contributed by atoms with Gasteiger partial charge in [-0.1, -0.05) is 18.2 Å². The van der Waals surface area contributed by atoms with E-state index in [2.05, 4.69) is 4.90 Å². The Morgan fingerprint density at radius 3 is 2.28 bits per heavy atom. The van der Waals surface area contributed by atoms with E-state index >= 15 is 0 Å². The topological polar surface area (TPSA) is 83.2 Å². The van der Waals surface area contributed by atoms with Gasteiger partial charge in [0.2, 0.25) is 0 Å². The van der Waals surface area contributed by atoms with E-state index in [9.17, 15) is 18.0 Å². The summed E-state index contributed by atoms with van der Waals surface area (Å²) in [6, 6.07) is 11.6. The zero-order valence-electron chi connectivity index (χ0n) is 17.4. The number of benzene rings is 1. The van der Waals surface area contributed by atoms with Crippen molar-refractivity contribution < 1.29 is 37.0 Å². The third-order valence-electron chi connectivity index (χ3n) is 5.55. The van der Waals surface area contributed by atoms with Gasteiger partial charge in [0.25, 0.3) is 5.91 Å². The van der Waals surface area contributed by atoms with Crippen molar-refractivity contribution in [2.75, 3.05) is 32.8 Å². The second kappa shape index (κ2) is 10.2. The summed E-state index contributed by atoms with van der Waals surface area (Å²) in [6.07, 6.45) is 0.368. The number of amides is 1. The van der Waals surface area contributed by atoms with Crippen molar-refractivity contribution in [2.24, 2.45) is 0 Å². The maximum atomic E-state index is 12.8. The van der Waals surface area contributed by atoms with E-state index in [1.807, 2.05) is 47.6 Å². The largest absolute Gasteiger partial charge is 0.490 e. The van der Waals surface area contributed by atoms with Crippen molar-refractivity contribution >= 4 is 11.9 Å². The number of carboxylic acids is 1. The normalized spacial score (nSPS) is 18.7. The van der Waals surface area contributed by atoms with Crippen LogP contribution < -0.4 is 0 Å². The minimum Gasteiger partial charge on any atom is -0.475 e. The number of likely N-dealkylation sites (tertiary alicyclic amines) is 1. The highest BCUT2D eigenvalue weighted by molar-refractivity contribution is 5.94. The first-order chi connectivity index (χ1) is 15.2. The van der Waals surface area contributed by atoms with Crippen LogP contribution in [0.2, 0.25) is 0 Å². The van der Waals surface area contributed by atoms with Gasteiger partial charge in [-0.3, -0.25) is 9.69 Å². The summed E-state index contributed by atoms with van der Waals surface area (Å²) in [7, 11) is 0.